The van der Waals surface area contributed by atoms with Crippen LogP contribution < -0.4 is 0 Å². The monoisotopic (exact) mass is 321 g/mol. The molecule has 2 heterocycles. The molecular formula is C15H7ClF3N3. The summed E-state index contributed by atoms with van der Waals surface area (Å²) in [6.45, 7) is 0. The third kappa shape index (κ3) is 2.30. The summed E-state index contributed by atoms with van der Waals surface area (Å²) in [5.41, 5.74) is 0.120. The van der Waals surface area contributed by atoms with Gasteiger partial charge in [-0.1, -0.05) is 41.9 Å². The number of nitriles is 1. The van der Waals surface area contributed by atoms with Gasteiger partial charge in [0.05, 0.1) is 10.6 Å². The van der Waals surface area contributed by atoms with Gasteiger partial charge < -0.3 is 0 Å². The molecule has 110 valence electrons. The number of aromatic nitrogens is 2. The Bertz CT molecular complexity index is 892. The second kappa shape index (κ2) is 5.04. The van der Waals surface area contributed by atoms with Crippen molar-refractivity contribution < 1.29 is 13.2 Å². The molecule has 3 nitrogen and oxygen atoms in total. The smallest absolute Gasteiger partial charge is 0.289 e. The van der Waals surface area contributed by atoms with Crippen LogP contribution in [0.2, 0.25) is 5.02 Å². The van der Waals surface area contributed by atoms with Crippen LogP contribution in [0.4, 0.5) is 13.2 Å². The van der Waals surface area contributed by atoms with Crippen LogP contribution in [0.5, 0.6) is 0 Å². The van der Waals surface area contributed by atoms with Gasteiger partial charge >= 0.3 is 6.18 Å². The molecule has 0 spiro atoms. The molecule has 0 amide bonds. The van der Waals surface area contributed by atoms with Gasteiger partial charge in [0, 0.05) is 11.8 Å². The van der Waals surface area contributed by atoms with Crippen molar-refractivity contribution in [3.63, 3.8) is 0 Å². The lowest BCUT2D eigenvalue weighted by Gasteiger charge is -2.08. The molecule has 2 aromatic heterocycles. The lowest BCUT2D eigenvalue weighted by molar-refractivity contribution is -0.137. The molecule has 0 bridgehead atoms. The van der Waals surface area contributed by atoms with Gasteiger partial charge in [-0.15, -0.1) is 0 Å². The van der Waals surface area contributed by atoms with Crippen molar-refractivity contribution in [2.45, 2.75) is 6.18 Å². The SMILES string of the molecule is N#Cc1c(-c2ccccc2)nc2c(Cl)cc(C(F)(F)F)cn12. The lowest BCUT2D eigenvalue weighted by atomic mass is 10.1. The van der Waals surface area contributed by atoms with E-state index >= 15 is 0 Å². The van der Waals surface area contributed by atoms with E-state index in [-0.39, 0.29) is 16.4 Å². The highest BCUT2D eigenvalue weighted by Crippen LogP contribution is 2.34. The van der Waals surface area contributed by atoms with Gasteiger partial charge in [-0.2, -0.15) is 18.4 Å². The highest BCUT2D eigenvalue weighted by atomic mass is 35.5. The van der Waals surface area contributed by atoms with Crippen LogP contribution in [0.3, 0.4) is 0 Å². The molecule has 0 saturated carbocycles. The fourth-order valence-electron chi connectivity index (χ4n) is 2.16. The number of benzene rings is 1. The Kier molecular flexibility index (Phi) is 3.30. The normalized spacial score (nSPS) is 11.6. The van der Waals surface area contributed by atoms with Crippen molar-refractivity contribution in [2.75, 3.05) is 0 Å². The van der Waals surface area contributed by atoms with Crippen LogP contribution >= 0.6 is 11.6 Å². The summed E-state index contributed by atoms with van der Waals surface area (Å²) in [6, 6.07) is 11.4. The molecule has 0 unspecified atom stereocenters. The average molecular weight is 322 g/mol. The van der Waals surface area contributed by atoms with Crippen LogP contribution in [0.25, 0.3) is 16.9 Å². The largest absolute Gasteiger partial charge is 0.417 e. The molecule has 0 aliphatic carbocycles. The fraction of sp³-hybridized carbons (Fsp3) is 0.0667. The van der Waals surface area contributed by atoms with Gasteiger partial charge in [0.15, 0.2) is 11.3 Å². The molecular weight excluding hydrogens is 315 g/mol. The molecule has 22 heavy (non-hydrogen) atoms. The molecule has 3 aromatic rings. The first-order valence-corrected chi connectivity index (χ1v) is 6.54. The minimum absolute atomic E-state index is 0.00852. The van der Waals surface area contributed by atoms with Crippen LogP contribution in [0.15, 0.2) is 42.6 Å². The van der Waals surface area contributed by atoms with Crippen molar-refractivity contribution in [3.8, 4) is 17.3 Å². The van der Waals surface area contributed by atoms with Gasteiger partial charge in [-0.3, -0.25) is 4.40 Å². The van der Waals surface area contributed by atoms with Crippen LogP contribution in [0, 0.1) is 11.3 Å². The van der Waals surface area contributed by atoms with E-state index in [1.807, 2.05) is 6.07 Å². The molecule has 0 aliphatic rings. The highest BCUT2D eigenvalue weighted by Gasteiger charge is 2.32. The predicted molar refractivity (Wildman–Crippen MR) is 75.4 cm³/mol. The molecule has 1 aromatic carbocycles. The molecule has 0 N–H and O–H groups in total. The maximum absolute atomic E-state index is 12.9. The first-order valence-electron chi connectivity index (χ1n) is 6.16. The van der Waals surface area contributed by atoms with E-state index < -0.39 is 11.7 Å². The van der Waals surface area contributed by atoms with E-state index in [4.69, 9.17) is 11.6 Å². The first kappa shape index (κ1) is 14.4. The van der Waals surface area contributed by atoms with Crippen molar-refractivity contribution in [2.24, 2.45) is 0 Å². The van der Waals surface area contributed by atoms with E-state index in [0.29, 0.717) is 11.3 Å². The van der Waals surface area contributed by atoms with Crippen molar-refractivity contribution >= 4 is 17.2 Å². The minimum atomic E-state index is -4.55. The topological polar surface area (TPSA) is 41.1 Å². The molecule has 0 atom stereocenters. The molecule has 0 saturated heterocycles. The average Bonchev–Trinajstić information content (AvgIpc) is 2.86. The second-order valence-electron chi connectivity index (χ2n) is 4.55. The van der Waals surface area contributed by atoms with Gasteiger partial charge in [-0.25, -0.2) is 4.98 Å². The number of rotatable bonds is 1. The maximum Gasteiger partial charge on any atom is 0.417 e. The minimum Gasteiger partial charge on any atom is -0.289 e. The molecule has 0 fully saturated rings. The maximum atomic E-state index is 12.9. The van der Waals surface area contributed by atoms with Crippen LogP contribution in [-0.4, -0.2) is 9.38 Å². The number of alkyl halides is 3. The summed E-state index contributed by atoms with van der Waals surface area (Å²) in [5.74, 6) is 0. The number of hydrogen-bond acceptors (Lipinski definition) is 2. The summed E-state index contributed by atoms with van der Waals surface area (Å²) in [7, 11) is 0. The fourth-order valence-corrected chi connectivity index (χ4v) is 2.41. The van der Waals surface area contributed by atoms with E-state index in [0.717, 1.165) is 16.7 Å². The summed E-state index contributed by atoms with van der Waals surface area (Å²) in [6.07, 6.45) is -3.72. The Morgan fingerprint density at radius 2 is 1.86 bits per heavy atom. The zero-order chi connectivity index (χ0) is 15.9. The van der Waals surface area contributed by atoms with Gasteiger partial charge in [0.2, 0.25) is 0 Å². The molecule has 0 radical (unpaired) electrons. The standard InChI is InChI=1S/C15H7ClF3N3/c16-11-6-10(15(17,18)19)8-22-12(7-20)13(21-14(11)22)9-4-2-1-3-5-9/h1-6,8H. The zero-order valence-corrected chi connectivity index (χ0v) is 11.7. The number of halogens is 4. The molecule has 0 aliphatic heterocycles. The van der Waals surface area contributed by atoms with E-state index in [1.54, 1.807) is 30.3 Å². The Morgan fingerprint density at radius 3 is 2.45 bits per heavy atom. The molecule has 3 rings (SSSR count). The third-order valence-corrected chi connectivity index (χ3v) is 3.43. The van der Waals surface area contributed by atoms with Gasteiger partial charge in [0.1, 0.15) is 11.8 Å². The number of pyridine rings is 1. The van der Waals surface area contributed by atoms with Crippen LogP contribution in [0.1, 0.15) is 11.3 Å². The highest BCUT2D eigenvalue weighted by molar-refractivity contribution is 6.33. The number of fused-ring (bicyclic) bond motifs is 1. The number of hydrogen-bond donors (Lipinski definition) is 0. The Hall–Kier alpha value is -2.52. The quantitative estimate of drug-likeness (QED) is 0.660. The van der Waals surface area contributed by atoms with E-state index in [1.165, 1.54) is 0 Å². The van der Waals surface area contributed by atoms with Crippen molar-refractivity contribution in [1.29, 1.82) is 5.26 Å². The molecule has 7 heteroatoms. The van der Waals surface area contributed by atoms with Gasteiger partial charge in [0.25, 0.3) is 0 Å². The first-order chi connectivity index (χ1) is 10.4. The third-order valence-electron chi connectivity index (χ3n) is 3.16. The Morgan fingerprint density at radius 1 is 1.18 bits per heavy atom. The summed E-state index contributed by atoms with van der Waals surface area (Å²) in [4.78, 5) is 4.22. The van der Waals surface area contributed by atoms with Crippen molar-refractivity contribution in [1.82, 2.24) is 9.38 Å². The Labute approximate surface area is 128 Å². The number of imidazole rings is 1. The second-order valence-corrected chi connectivity index (χ2v) is 4.96. The zero-order valence-electron chi connectivity index (χ0n) is 10.9. The Balaban J connectivity index is 2.35. The predicted octanol–water partition coefficient (Wildman–Crippen LogP) is 4.55. The lowest BCUT2D eigenvalue weighted by Crippen LogP contribution is -2.07. The van der Waals surface area contributed by atoms with E-state index in [9.17, 15) is 18.4 Å². The number of nitrogens with zero attached hydrogens (tertiary/aromatic N) is 3. The summed E-state index contributed by atoms with van der Waals surface area (Å²) >= 11 is 5.91. The summed E-state index contributed by atoms with van der Waals surface area (Å²) < 4.78 is 39.7. The van der Waals surface area contributed by atoms with Crippen molar-refractivity contribution in [3.05, 3.63) is 58.9 Å². The van der Waals surface area contributed by atoms with Crippen LogP contribution in [-0.2, 0) is 6.18 Å². The van der Waals surface area contributed by atoms with E-state index in [2.05, 4.69) is 4.98 Å². The van der Waals surface area contributed by atoms with Gasteiger partial charge in [-0.05, 0) is 6.07 Å². The summed E-state index contributed by atoms with van der Waals surface area (Å²) in [5, 5.41) is 9.16.